The van der Waals surface area contributed by atoms with E-state index in [0.29, 0.717) is 6.04 Å². The standard InChI is InChI=1S/C15H21N3/c1-12-6-4-5-7-15(12)13(2)16-8-10-18-11-9-17-14(18)3/h4-7,9,11,13,16H,8,10H2,1-3H3/t13-/m0/s1. The predicted molar refractivity (Wildman–Crippen MR) is 74.6 cm³/mol. The number of nitrogens with one attached hydrogen (secondary N) is 1. The predicted octanol–water partition coefficient (Wildman–Crippen LogP) is 2.85. The quantitative estimate of drug-likeness (QED) is 0.875. The van der Waals surface area contributed by atoms with Crippen LogP contribution in [-0.2, 0) is 6.54 Å². The molecule has 0 saturated heterocycles. The molecule has 0 amide bonds. The highest BCUT2D eigenvalue weighted by Crippen LogP contribution is 2.16. The third kappa shape index (κ3) is 2.99. The largest absolute Gasteiger partial charge is 0.334 e. The molecule has 96 valence electrons. The van der Waals surface area contributed by atoms with Crippen molar-refractivity contribution in [2.75, 3.05) is 6.54 Å². The normalized spacial score (nSPS) is 12.6. The minimum Gasteiger partial charge on any atom is -0.334 e. The van der Waals surface area contributed by atoms with Crippen LogP contribution in [0.5, 0.6) is 0 Å². The Bertz CT molecular complexity index is 502. The lowest BCUT2D eigenvalue weighted by molar-refractivity contribution is 0.525. The minimum absolute atomic E-state index is 0.384. The summed E-state index contributed by atoms with van der Waals surface area (Å²) in [6.07, 6.45) is 3.87. The average molecular weight is 243 g/mol. The highest BCUT2D eigenvalue weighted by Gasteiger charge is 2.06. The maximum absolute atomic E-state index is 4.22. The van der Waals surface area contributed by atoms with Crippen LogP contribution < -0.4 is 5.32 Å². The second kappa shape index (κ2) is 5.83. The van der Waals surface area contributed by atoms with Gasteiger partial charge in [0.2, 0.25) is 0 Å². The Morgan fingerprint density at radius 1 is 1.28 bits per heavy atom. The van der Waals surface area contributed by atoms with Crippen molar-refractivity contribution in [3.8, 4) is 0 Å². The Balaban J connectivity index is 1.87. The summed E-state index contributed by atoms with van der Waals surface area (Å²) >= 11 is 0. The van der Waals surface area contributed by atoms with E-state index in [4.69, 9.17) is 0 Å². The first kappa shape index (κ1) is 12.8. The van der Waals surface area contributed by atoms with Gasteiger partial charge in [0.15, 0.2) is 0 Å². The van der Waals surface area contributed by atoms with Crippen LogP contribution in [0.2, 0.25) is 0 Å². The van der Waals surface area contributed by atoms with Gasteiger partial charge >= 0.3 is 0 Å². The Kier molecular flexibility index (Phi) is 4.15. The van der Waals surface area contributed by atoms with Gasteiger partial charge in [0.25, 0.3) is 0 Å². The smallest absolute Gasteiger partial charge is 0.105 e. The second-order valence-electron chi connectivity index (χ2n) is 4.70. The fourth-order valence-electron chi connectivity index (χ4n) is 2.22. The maximum atomic E-state index is 4.22. The topological polar surface area (TPSA) is 29.9 Å². The molecule has 0 fully saturated rings. The van der Waals surface area contributed by atoms with E-state index in [1.54, 1.807) is 0 Å². The molecule has 2 aromatic rings. The number of aryl methyl sites for hydroxylation is 2. The van der Waals surface area contributed by atoms with Gasteiger partial charge in [0.05, 0.1) is 0 Å². The maximum Gasteiger partial charge on any atom is 0.105 e. The first-order valence-electron chi connectivity index (χ1n) is 6.45. The molecule has 3 heteroatoms. The van der Waals surface area contributed by atoms with Crippen molar-refractivity contribution in [3.63, 3.8) is 0 Å². The monoisotopic (exact) mass is 243 g/mol. The summed E-state index contributed by atoms with van der Waals surface area (Å²) in [7, 11) is 0. The molecule has 0 aliphatic rings. The van der Waals surface area contributed by atoms with E-state index >= 15 is 0 Å². The summed E-state index contributed by atoms with van der Waals surface area (Å²) in [5.74, 6) is 1.07. The summed E-state index contributed by atoms with van der Waals surface area (Å²) in [4.78, 5) is 4.22. The van der Waals surface area contributed by atoms with Crippen LogP contribution in [0, 0.1) is 13.8 Å². The SMILES string of the molecule is Cc1ccccc1[C@H](C)NCCn1ccnc1C. The van der Waals surface area contributed by atoms with E-state index in [-0.39, 0.29) is 0 Å². The van der Waals surface area contributed by atoms with Crippen molar-refractivity contribution < 1.29 is 0 Å². The van der Waals surface area contributed by atoms with Crippen LogP contribution >= 0.6 is 0 Å². The number of hydrogen-bond donors (Lipinski definition) is 1. The van der Waals surface area contributed by atoms with Gasteiger partial charge in [-0.1, -0.05) is 24.3 Å². The van der Waals surface area contributed by atoms with Crippen molar-refractivity contribution in [3.05, 3.63) is 53.6 Å². The summed E-state index contributed by atoms with van der Waals surface area (Å²) < 4.78 is 2.16. The first-order chi connectivity index (χ1) is 8.68. The third-order valence-corrected chi connectivity index (χ3v) is 3.38. The zero-order chi connectivity index (χ0) is 13.0. The van der Waals surface area contributed by atoms with Gasteiger partial charge in [-0.05, 0) is 31.9 Å². The van der Waals surface area contributed by atoms with Gasteiger partial charge in [-0.3, -0.25) is 0 Å². The highest BCUT2D eigenvalue weighted by atomic mass is 15.1. The molecule has 0 aliphatic carbocycles. The molecule has 1 N–H and O–H groups in total. The molecule has 1 aromatic carbocycles. The molecule has 1 heterocycles. The first-order valence-corrected chi connectivity index (χ1v) is 6.45. The van der Waals surface area contributed by atoms with Crippen LogP contribution in [0.15, 0.2) is 36.7 Å². The van der Waals surface area contributed by atoms with E-state index in [2.05, 4.69) is 53.0 Å². The molecular weight excluding hydrogens is 222 g/mol. The average Bonchev–Trinajstić information content (AvgIpc) is 2.75. The number of hydrogen-bond acceptors (Lipinski definition) is 2. The molecule has 0 spiro atoms. The van der Waals surface area contributed by atoms with Crippen molar-refractivity contribution in [1.29, 1.82) is 0 Å². The van der Waals surface area contributed by atoms with Crippen molar-refractivity contribution >= 4 is 0 Å². The fourth-order valence-corrected chi connectivity index (χ4v) is 2.22. The Labute approximate surface area is 109 Å². The van der Waals surface area contributed by atoms with E-state index in [1.807, 2.05) is 19.3 Å². The van der Waals surface area contributed by atoms with E-state index in [1.165, 1.54) is 11.1 Å². The molecule has 2 rings (SSSR count). The van der Waals surface area contributed by atoms with Gasteiger partial charge in [-0.25, -0.2) is 4.98 Å². The van der Waals surface area contributed by atoms with Crippen molar-refractivity contribution in [2.45, 2.75) is 33.4 Å². The van der Waals surface area contributed by atoms with Gasteiger partial charge in [0.1, 0.15) is 5.82 Å². The molecule has 0 unspecified atom stereocenters. The van der Waals surface area contributed by atoms with Gasteiger partial charge in [-0.15, -0.1) is 0 Å². The summed E-state index contributed by atoms with van der Waals surface area (Å²) in [6.45, 7) is 8.32. The van der Waals surface area contributed by atoms with Crippen molar-refractivity contribution in [1.82, 2.24) is 14.9 Å². The van der Waals surface area contributed by atoms with Crippen LogP contribution in [0.1, 0.15) is 29.9 Å². The molecule has 18 heavy (non-hydrogen) atoms. The zero-order valence-corrected chi connectivity index (χ0v) is 11.4. The highest BCUT2D eigenvalue weighted by molar-refractivity contribution is 5.28. The lowest BCUT2D eigenvalue weighted by Gasteiger charge is -2.17. The molecule has 0 bridgehead atoms. The van der Waals surface area contributed by atoms with Crippen LogP contribution in [0.3, 0.4) is 0 Å². The van der Waals surface area contributed by atoms with Gasteiger partial charge in [-0.2, -0.15) is 0 Å². The molecule has 0 aliphatic heterocycles. The number of nitrogens with zero attached hydrogens (tertiary/aromatic N) is 2. The van der Waals surface area contributed by atoms with E-state index < -0.39 is 0 Å². The lowest BCUT2D eigenvalue weighted by atomic mass is 10.0. The lowest BCUT2D eigenvalue weighted by Crippen LogP contribution is -2.24. The molecule has 0 saturated carbocycles. The van der Waals surface area contributed by atoms with Crippen molar-refractivity contribution in [2.24, 2.45) is 0 Å². The summed E-state index contributed by atoms with van der Waals surface area (Å²) in [5, 5.41) is 3.56. The number of aromatic nitrogens is 2. The Hall–Kier alpha value is -1.61. The second-order valence-corrected chi connectivity index (χ2v) is 4.70. The van der Waals surface area contributed by atoms with Gasteiger partial charge < -0.3 is 9.88 Å². The Morgan fingerprint density at radius 3 is 2.72 bits per heavy atom. The third-order valence-electron chi connectivity index (χ3n) is 3.38. The summed E-state index contributed by atoms with van der Waals surface area (Å²) in [5.41, 5.74) is 2.72. The number of rotatable bonds is 5. The molecule has 3 nitrogen and oxygen atoms in total. The number of benzene rings is 1. The summed E-state index contributed by atoms with van der Waals surface area (Å²) in [6, 6.07) is 8.92. The fraction of sp³-hybridized carbons (Fsp3) is 0.400. The van der Waals surface area contributed by atoms with Crippen LogP contribution in [0.25, 0.3) is 0 Å². The van der Waals surface area contributed by atoms with E-state index in [9.17, 15) is 0 Å². The van der Waals surface area contributed by atoms with Gasteiger partial charge in [0, 0.05) is 31.5 Å². The van der Waals surface area contributed by atoms with E-state index in [0.717, 1.165) is 18.9 Å². The van der Waals surface area contributed by atoms with Crippen LogP contribution in [-0.4, -0.2) is 16.1 Å². The zero-order valence-electron chi connectivity index (χ0n) is 11.4. The number of imidazole rings is 1. The molecule has 1 aromatic heterocycles. The van der Waals surface area contributed by atoms with Crippen LogP contribution in [0.4, 0.5) is 0 Å². The molecular formula is C15H21N3. The molecule has 0 radical (unpaired) electrons. The Morgan fingerprint density at radius 2 is 2.06 bits per heavy atom. The minimum atomic E-state index is 0.384. The molecule has 1 atom stereocenters.